The molecule has 2 heterocycles. The van der Waals surface area contributed by atoms with Crippen LogP contribution in [-0.2, 0) is 28.0 Å². The predicted octanol–water partition coefficient (Wildman–Crippen LogP) is 2.39. The first kappa shape index (κ1) is 30.3. The maximum absolute atomic E-state index is 13.4. The average Bonchev–Trinajstić information content (AvgIpc) is 3.52. The first-order chi connectivity index (χ1) is 18.4. The second-order valence-electron chi connectivity index (χ2n) is 10.0. The van der Waals surface area contributed by atoms with Crippen LogP contribution in [0.4, 0.5) is 0 Å². The fourth-order valence-corrected chi connectivity index (χ4v) is 4.87. The zero-order chi connectivity index (χ0) is 28.7. The van der Waals surface area contributed by atoms with Crippen LogP contribution in [0.3, 0.4) is 0 Å². The average molecular weight is 565 g/mol. The van der Waals surface area contributed by atoms with Gasteiger partial charge in [0.05, 0.1) is 13.2 Å². The Hall–Kier alpha value is -3.21. The predicted molar refractivity (Wildman–Crippen MR) is 145 cm³/mol. The Balaban J connectivity index is 1.78. The van der Waals surface area contributed by atoms with Gasteiger partial charge in [-0.1, -0.05) is 19.9 Å². The number of hydrogen-bond acceptors (Lipinski definition) is 8. The van der Waals surface area contributed by atoms with Crippen LogP contribution in [-0.4, -0.2) is 74.6 Å². The van der Waals surface area contributed by atoms with E-state index in [9.17, 15) is 23.7 Å². The van der Waals surface area contributed by atoms with Crippen molar-refractivity contribution in [2.24, 2.45) is 11.8 Å². The van der Waals surface area contributed by atoms with Crippen molar-refractivity contribution in [3.8, 4) is 5.75 Å². The number of hydrogen-bond donors (Lipinski definition) is 4. The van der Waals surface area contributed by atoms with Gasteiger partial charge in [0.15, 0.2) is 5.78 Å². The van der Waals surface area contributed by atoms with Crippen molar-refractivity contribution in [3.05, 3.63) is 30.0 Å². The van der Waals surface area contributed by atoms with Gasteiger partial charge in [-0.15, -0.1) is 0 Å². The minimum Gasteiger partial charge on any atom is -0.496 e. The molecule has 1 aliphatic rings. The molecule has 0 aliphatic carbocycles. The van der Waals surface area contributed by atoms with E-state index < -0.39 is 49.8 Å². The van der Waals surface area contributed by atoms with E-state index in [1.165, 1.54) is 20.9 Å². The van der Waals surface area contributed by atoms with Gasteiger partial charge < -0.3 is 34.7 Å². The van der Waals surface area contributed by atoms with Crippen LogP contribution < -0.4 is 20.7 Å². The van der Waals surface area contributed by atoms with Gasteiger partial charge in [0.2, 0.25) is 11.8 Å². The molecule has 12 nitrogen and oxygen atoms in total. The lowest BCUT2D eigenvalue weighted by Gasteiger charge is -2.25. The summed E-state index contributed by atoms with van der Waals surface area (Å²) >= 11 is 0. The van der Waals surface area contributed by atoms with Gasteiger partial charge in [0.1, 0.15) is 24.1 Å². The summed E-state index contributed by atoms with van der Waals surface area (Å²) < 4.78 is 27.4. The Morgan fingerprint density at radius 1 is 1.15 bits per heavy atom. The van der Waals surface area contributed by atoms with E-state index >= 15 is 0 Å². The molecule has 13 heteroatoms. The van der Waals surface area contributed by atoms with Crippen molar-refractivity contribution in [1.82, 2.24) is 20.9 Å². The summed E-state index contributed by atoms with van der Waals surface area (Å²) in [5, 5.41) is 8.91. The summed E-state index contributed by atoms with van der Waals surface area (Å²) in [6.07, 6.45) is 0.862. The molecule has 2 aromatic rings. The van der Waals surface area contributed by atoms with Gasteiger partial charge in [0.25, 0.3) is 5.91 Å². The second kappa shape index (κ2) is 13.2. The number of H-pyrrole nitrogens is 1. The van der Waals surface area contributed by atoms with Crippen LogP contribution in [0, 0.1) is 11.8 Å². The summed E-state index contributed by atoms with van der Waals surface area (Å²) in [5.41, 5.74) is 0.951. The van der Waals surface area contributed by atoms with Crippen LogP contribution in [0.2, 0.25) is 0 Å². The van der Waals surface area contributed by atoms with Crippen molar-refractivity contribution in [1.29, 1.82) is 0 Å². The number of benzene rings is 1. The van der Waals surface area contributed by atoms with Gasteiger partial charge in [-0.05, 0) is 43.4 Å². The molecule has 4 N–H and O–H groups in total. The summed E-state index contributed by atoms with van der Waals surface area (Å²) in [5.74, 6) is -1.67. The molecule has 3 amide bonds. The Morgan fingerprint density at radius 3 is 2.51 bits per heavy atom. The molecule has 0 saturated carbocycles. The summed E-state index contributed by atoms with van der Waals surface area (Å²) in [4.78, 5) is 54.8. The number of ketones is 1. The van der Waals surface area contributed by atoms with E-state index in [2.05, 4.69) is 20.9 Å². The zero-order valence-electron chi connectivity index (χ0n) is 22.9. The first-order valence-corrected chi connectivity index (χ1v) is 14.8. The van der Waals surface area contributed by atoms with Crippen LogP contribution >= 0.6 is 7.60 Å². The van der Waals surface area contributed by atoms with Crippen molar-refractivity contribution in [2.45, 2.75) is 45.2 Å². The molecule has 4 atom stereocenters. The minimum absolute atomic E-state index is 0.0367. The number of aromatic nitrogens is 1. The zero-order valence-corrected chi connectivity index (χ0v) is 23.8. The molecule has 3 rings (SSSR count). The number of methoxy groups -OCH3 is 1. The van der Waals surface area contributed by atoms with Crippen molar-refractivity contribution >= 4 is 42.0 Å². The molecule has 39 heavy (non-hydrogen) atoms. The van der Waals surface area contributed by atoms with Crippen LogP contribution in [0.5, 0.6) is 5.75 Å². The van der Waals surface area contributed by atoms with Crippen molar-refractivity contribution in [3.63, 3.8) is 0 Å². The number of carbonyl (C=O) groups is 4. The van der Waals surface area contributed by atoms with Gasteiger partial charge in [-0.25, -0.2) is 0 Å². The number of carbonyl (C=O) groups excluding carboxylic acids is 4. The largest absolute Gasteiger partial charge is 0.496 e. The highest BCUT2D eigenvalue weighted by atomic mass is 31.2. The van der Waals surface area contributed by atoms with Crippen LogP contribution in [0.1, 0.15) is 43.6 Å². The minimum atomic E-state index is -3.44. The number of nitrogens with one attached hydrogen (secondary N) is 4. The highest BCUT2D eigenvalue weighted by Gasteiger charge is 2.34. The highest BCUT2D eigenvalue weighted by Crippen LogP contribution is 2.42. The molecule has 1 aromatic carbocycles. The molecule has 1 fully saturated rings. The Bertz CT molecular complexity index is 1260. The number of rotatable bonds is 14. The molecule has 214 valence electrons. The number of Topliss-reactive ketones (excluding diaryl/α,β-unsaturated/α-hetero) is 1. The van der Waals surface area contributed by atoms with Gasteiger partial charge in [0, 0.05) is 37.1 Å². The second-order valence-corrected chi connectivity index (χ2v) is 12.2. The lowest BCUT2D eigenvalue weighted by atomic mass is 9.95. The highest BCUT2D eigenvalue weighted by molar-refractivity contribution is 7.52. The lowest BCUT2D eigenvalue weighted by Crippen LogP contribution is -2.53. The topological polar surface area (TPSA) is 165 Å². The van der Waals surface area contributed by atoms with E-state index in [-0.39, 0.29) is 23.9 Å². The third kappa shape index (κ3) is 8.14. The quantitative estimate of drug-likeness (QED) is 0.254. The maximum atomic E-state index is 13.4. The molecule has 1 aromatic heterocycles. The number of ether oxygens (including phenoxy) is 1. The Kier molecular flexibility index (Phi) is 10.3. The monoisotopic (exact) mass is 564 g/mol. The SMILES string of the molecule is COc1cccc2[nH]c(C(=O)N[C@@H](CC(C)C)C(=O)N[C@@H](C[C@@H]3CCNC3=O)C(=O)COP(C)(=O)OC)cc12. The molecule has 1 unspecified atom stereocenters. The van der Waals surface area contributed by atoms with Gasteiger partial charge >= 0.3 is 7.60 Å². The molecule has 1 aliphatic heterocycles. The molecule has 1 saturated heterocycles. The summed E-state index contributed by atoms with van der Waals surface area (Å²) in [6.45, 7) is 4.95. The fraction of sp³-hybridized carbons (Fsp3) is 0.538. The third-order valence-electron chi connectivity index (χ3n) is 6.58. The smallest absolute Gasteiger partial charge is 0.327 e. The van der Waals surface area contributed by atoms with Crippen molar-refractivity contribution in [2.75, 3.05) is 34.0 Å². The third-order valence-corrected chi connectivity index (χ3v) is 7.84. The summed E-state index contributed by atoms with van der Waals surface area (Å²) in [7, 11) is -0.698. The molecule has 0 bridgehead atoms. The van der Waals surface area contributed by atoms with E-state index in [0.717, 1.165) is 5.39 Å². The molecular formula is C26H37N4O8P. The Morgan fingerprint density at radius 2 is 1.90 bits per heavy atom. The fourth-order valence-electron chi connectivity index (χ4n) is 4.40. The first-order valence-electron chi connectivity index (χ1n) is 12.8. The standard InChI is InChI=1S/C26H37N4O8P/c1-15(2)11-20(30-26(34)21-13-17-18(28-21)7-6-8-23(17)36-3)25(33)29-19(12-16-9-10-27-24(16)32)22(31)14-38-39(5,35)37-4/h6-8,13,15-16,19-20,28H,9-12,14H2,1-5H3,(H,27,32)(H,29,33)(H,30,34)/t16-,19-,20-,39?/m0/s1. The normalized spacial score (nSPS) is 18.3. The number of aromatic amines is 1. The van der Waals surface area contributed by atoms with Gasteiger partial charge in [-0.3, -0.25) is 23.7 Å². The number of fused-ring (bicyclic) bond motifs is 1. The Labute approximate surface area is 227 Å². The molecule has 0 radical (unpaired) electrons. The van der Waals surface area contributed by atoms with E-state index in [0.29, 0.717) is 30.7 Å². The molecule has 0 spiro atoms. The van der Waals surface area contributed by atoms with E-state index in [4.69, 9.17) is 13.8 Å². The maximum Gasteiger partial charge on any atom is 0.327 e. The van der Waals surface area contributed by atoms with E-state index in [1.54, 1.807) is 18.2 Å². The van der Waals surface area contributed by atoms with Gasteiger partial charge in [-0.2, -0.15) is 0 Å². The van der Waals surface area contributed by atoms with Crippen molar-refractivity contribution < 1.29 is 37.5 Å². The number of amides is 3. The van der Waals surface area contributed by atoms with Crippen LogP contribution in [0.15, 0.2) is 24.3 Å². The van der Waals surface area contributed by atoms with E-state index in [1.807, 2.05) is 19.9 Å². The van der Waals surface area contributed by atoms with Crippen LogP contribution in [0.25, 0.3) is 10.9 Å². The molecular weight excluding hydrogens is 527 g/mol. The summed E-state index contributed by atoms with van der Waals surface area (Å²) in [6, 6.07) is 4.98. The lowest BCUT2D eigenvalue weighted by molar-refractivity contribution is -0.131.